The third kappa shape index (κ3) is 4.12. The van der Waals surface area contributed by atoms with E-state index in [2.05, 4.69) is 4.90 Å². The van der Waals surface area contributed by atoms with Crippen molar-refractivity contribution in [3.05, 3.63) is 75.8 Å². The van der Waals surface area contributed by atoms with Crippen molar-refractivity contribution >= 4 is 23.4 Å². The van der Waals surface area contributed by atoms with Gasteiger partial charge < -0.3 is 9.80 Å². The molecule has 0 bridgehead atoms. The number of carbonyl (C=O) groups excluding carboxylic acids is 1. The minimum atomic E-state index is -0.524. The fourth-order valence-electron chi connectivity index (χ4n) is 3.05. The monoisotopic (exact) mass is 362 g/mol. The lowest BCUT2D eigenvalue weighted by Crippen LogP contribution is -2.49. The molecular weight excluding hydrogens is 344 g/mol. The van der Waals surface area contributed by atoms with E-state index < -0.39 is 10.8 Å². The van der Waals surface area contributed by atoms with E-state index in [-0.39, 0.29) is 16.8 Å². The largest absolute Gasteiger partial charge is 0.368 e. The smallest absolute Gasteiger partial charge is 0.276 e. The highest BCUT2D eigenvalue weighted by molar-refractivity contribution is 6.02. The van der Waals surface area contributed by atoms with Crippen LogP contribution in [-0.4, -0.2) is 41.9 Å². The van der Waals surface area contributed by atoms with Crippen LogP contribution in [0.1, 0.15) is 5.56 Å². The number of hydrogen-bond donors (Lipinski definition) is 0. The van der Waals surface area contributed by atoms with Gasteiger partial charge in [-0.3, -0.25) is 14.9 Å². The summed E-state index contributed by atoms with van der Waals surface area (Å²) in [5.74, 6) is -0.400. The van der Waals surface area contributed by atoms with Crippen LogP contribution < -0.4 is 4.90 Å². The Morgan fingerprint density at radius 1 is 1.04 bits per heavy atom. The zero-order valence-electron chi connectivity index (χ0n) is 14.6. The van der Waals surface area contributed by atoms with Crippen LogP contribution in [0.4, 0.5) is 11.4 Å². The molecule has 1 aliphatic heterocycles. The van der Waals surface area contributed by atoms with E-state index in [1.54, 1.807) is 17.0 Å². The number of amides is 1. The van der Waals surface area contributed by atoms with Crippen molar-refractivity contribution in [2.75, 3.05) is 31.1 Å². The van der Waals surface area contributed by atoms with Crippen LogP contribution in [0.15, 0.2) is 60.2 Å². The van der Waals surface area contributed by atoms with E-state index in [1.165, 1.54) is 18.2 Å². The Balaban J connectivity index is 1.73. The minimum absolute atomic E-state index is 0.0996. The summed E-state index contributed by atoms with van der Waals surface area (Å²) < 4.78 is 0. The molecule has 2 aromatic rings. The first-order valence-electron chi connectivity index (χ1n) is 8.54. The second kappa shape index (κ2) is 8.15. The fourth-order valence-corrected chi connectivity index (χ4v) is 3.05. The lowest BCUT2D eigenvalue weighted by atomic mass is 10.1. The molecular formula is C20H18N4O3. The zero-order chi connectivity index (χ0) is 19.2. The normalized spacial score (nSPS) is 14.6. The second-order valence-corrected chi connectivity index (χ2v) is 6.10. The predicted octanol–water partition coefficient (Wildman–Crippen LogP) is 2.85. The Kier molecular flexibility index (Phi) is 5.47. The molecule has 0 saturated carbocycles. The third-order valence-electron chi connectivity index (χ3n) is 4.47. The van der Waals surface area contributed by atoms with Crippen LogP contribution in [0.2, 0.25) is 0 Å². The highest BCUT2D eigenvalue weighted by atomic mass is 16.6. The zero-order valence-corrected chi connectivity index (χ0v) is 14.6. The molecule has 27 heavy (non-hydrogen) atoms. The van der Waals surface area contributed by atoms with Gasteiger partial charge in [-0.15, -0.1) is 0 Å². The van der Waals surface area contributed by atoms with Gasteiger partial charge >= 0.3 is 0 Å². The van der Waals surface area contributed by atoms with Gasteiger partial charge in [-0.2, -0.15) is 5.26 Å². The molecule has 0 atom stereocenters. The van der Waals surface area contributed by atoms with Crippen LogP contribution in [0.3, 0.4) is 0 Å². The Morgan fingerprint density at radius 3 is 2.30 bits per heavy atom. The number of para-hydroxylation sites is 2. The molecule has 1 amide bonds. The van der Waals surface area contributed by atoms with Crippen LogP contribution in [0.5, 0.6) is 0 Å². The van der Waals surface area contributed by atoms with Gasteiger partial charge in [0.15, 0.2) is 0 Å². The van der Waals surface area contributed by atoms with Gasteiger partial charge in [-0.05, 0) is 24.3 Å². The molecule has 3 rings (SSSR count). The van der Waals surface area contributed by atoms with E-state index in [0.717, 1.165) is 5.69 Å². The summed E-state index contributed by atoms with van der Waals surface area (Å²) >= 11 is 0. The number of anilines is 1. The number of hydrogen-bond acceptors (Lipinski definition) is 5. The number of carbonyl (C=O) groups is 1. The number of rotatable bonds is 4. The van der Waals surface area contributed by atoms with Crippen molar-refractivity contribution in [1.82, 2.24) is 4.90 Å². The van der Waals surface area contributed by atoms with Crippen molar-refractivity contribution in [1.29, 1.82) is 5.26 Å². The molecule has 1 aliphatic rings. The van der Waals surface area contributed by atoms with Crippen molar-refractivity contribution in [3.8, 4) is 6.07 Å². The molecule has 136 valence electrons. The molecule has 0 radical (unpaired) electrons. The van der Waals surface area contributed by atoms with Gasteiger partial charge in [0, 0.05) is 37.9 Å². The van der Waals surface area contributed by atoms with Crippen molar-refractivity contribution in [3.63, 3.8) is 0 Å². The maximum Gasteiger partial charge on any atom is 0.276 e. The van der Waals surface area contributed by atoms with Gasteiger partial charge in [0.2, 0.25) is 0 Å². The van der Waals surface area contributed by atoms with E-state index in [1.807, 2.05) is 36.4 Å². The van der Waals surface area contributed by atoms with Crippen LogP contribution in [0, 0.1) is 21.4 Å². The first-order chi connectivity index (χ1) is 13.1. The standard InChI is InChI=1S/C20H18N4O3/c21-15-17(14-16-6-4-5-9-19(16)24(26)27)20(25)23-12-10-22(11-13-23)18-7-2-1-3-8-18/h1-9,14H,10-13H2/b17-14-. The number of nitriles is 1. The van der Waals surface area contributed by atoms with E-state index in [4.69, 9.17) is 0 Å². The third-order valence-corrected chi connectivity index (χ3v) is 4.47. The summed E-state index contributed by atoms with van der Waals surface area (Å²) in [6.07, 6.45) is 1.30. The lowest BCUT2D eigenvalue weighted by Gasteiger charge is -2.36. The number of benzene rings is 2. The average molecular weight is 362 g/mol. The van der Waals surface area contributed by atoms with E-state index in [9.17, 15) is 20.2 Å². The SMILES string of the molecule is N#C/C(=C/c1ccccc1[N+](=O)[O-])C(=O)N1CCN(c2ccccc2)CC1. The summed E-state index contributed by atoms with van der Waals surface area (Å²) in [4.78, 5) is 27.1. The Hall–Kier alpha value is -3.66. The Labute approximate surface area is 156 Å². The van der Waals surface area contributed by atoms with E-state index in [0.29, 0.717) is 26.2 Å². The summed E-state index contributed by atoms with van der Waals surface area (Å²) in [7, 11) is 0. The number of nitro benzene ring substituents is 1. The highest BCUT2D eigenvalue weighted by Gasteiger charge is 2.24. The Morgan fingerprint density at radius 2 is 1.67 bits per heavy atom. The van der Waals surface area contributed by atoms with Crippen molar-refractivity contribution < 1.29 is 9.72 Å². The summed E-state index contributed by atoms with van der Waals surface area (Å²) in [6, 6.07) is 17.9. The van der Waals surface area contributed by atoms with Gasteiger partial charge in [-0.1, -0.05) is 30.3 Å². The topological polar surface area (TPSA) is 90.5 Å². The first-order valence-corrected chi connectivity index (χ1v) is 8.54. The molecule has 0 N–H and O–H groups in total. The van der Waals surface area contributed by atoms with Crippen molar-refractivity contribution in [2.45, 2.75) is 0 Å². The maximum absolute atomic E-state index is 12.7. The predicted molar refractivity (Wildman–Crippen MR) is 102 cm³/mol. The number of nitrogens with zero attached hydrogens (tertiary/aromatic N) is 4. The van der Waals surface area contributed by atoms with E-state index >= 15 is 0 Å². The quantitative estimate of drug-likeness (QED) is 0.361. The minimum Gasteiger partial charge on any atom is -0.368 e. The molecule has 0 spiro atoms. The average Bonchev–Trinajstić information content (AvgIpc) is 2.72. The molecule has 0 aromatic heterocycles. The fraction of sp³-hybridized carbons (Fsp3) is 0.200. The van der Waals surface area contributed by atoms with Gasteiger partial charge in [0.1, 0.15) is 11.6 Å². The summed E-state index contributed by atoms with van der Waals surface area (Å²) in [5.41, 5.74) is 1.11. The molecule has 1 heterocycles. The lowest BCUT2D eigenvalue weighted by molar-refractivity contribution is -0.385. The molecule has 7 heteroatoms. The Bertz CT molecular complexity index is 910. The second-order valence-electron chi connectivity index (χ2n) is 6.10. The van der Waals surface area contributed by atoms with Crippen LogP contribution >= 0.6 is 0 Å². The van der Waals surface area contributed by atoms with Crippen LogP contribution in [0.25, 0.3) is 6.08 Å². The number of nitro groups is 1. The molecule has 0 unspecified atom stereocenters. The molecule has 0 aliphatic carbocycles. The summed E-state index contributed by atoms with van der Waals surface area (Å²) in [5, 5.41) is 20.5. The van der Waals surface area contributed by atoms with Gasteiger partial charge in [0.05, 0.1) is 10.5 Å². The molecule has 7 nitrogen and oxygen atoms in total. The van der Waals surface area contributed by atoms with Crippen molar-refractivity contribution in [2.24, 2.45) is 0 Å². The van der Waals surface area contributed by atoms with Gasteiger partial charge in [0.25, 0.3) is 11.6 Å². The van der Waals surface area contributed by atoms with Crippen LogP contribution in [-0.2, 0) is 4.79 Å². The summed E-state index contributed by atoms with van der Waals surface area (Å²) in [6.45, 7) is 2.31. The maximum atomic E-state index is 12.7. The number of piperazine rings is 1. The van der Waals surface area contributed by atoms with Gasteiger partial charge in [-0.25, -0.2) is 0 Å². The molecule has 1 fully saturated rings. The molecule has 2 aromatic carbocycles. The first kappa shape index (κ1) is 18.1. The highest BCUT2D eigenvalue weighted by Crippen LogP contribution is 2.22. The molecule has 1 saturated heterocycles.